The van der Waals surface area contributed by atoms with Gasteiger partial charge in [-0.3, -0.25) is 0 Å². The first-order valence-corrected chi connectivity index (χ1v) is 3.60. The van der Waals surface area contributed by atoms with Gasteiger partial charge in [0, 0.05) is 13.1 Å². The van der Waals surface area contributed by atoms with Crippen LogP contribution in [0.3, 0.4) is 0 Å². The lowest BCUT2D eigenvalue weighted by molar-refractivity contribution is 0.141. The largest absolute Gasteiger partial charge is 0.391 e. The van der Waals surface area contributed by atoms with Crippen LogP contribution in [-0.4, -0.2) is 36.2 Å². The van der Waals surface area contributed by atoms with E-state index in [0.717, 1.165) is 19.5 Å². The summed E-state index contributed by atoms with van der Waals surface area (Å²) in [5.41, 5.74) is 0. The van der Waals surface area contributed by atoms with E-state index in [-0.39, 0.29) is 6.10 Å². The number of nitrogens with zero attached hydrogens (tertiary/aromatic N) is 1. The predicted octanol–water partition coefficient (Wildman–Crippen LogP) is 0.319. The maximum absolute atomic E-state index is 9.32. The van der Waals surface area contributed by atoms with Gasteiger partial charge in [-0.2, -0.15) is 0 Å². The molecule has 0 spiro atoms. The number of aliphatic hydroxyl groups is 1. The Morgan fingerprint density at radius 3 is 2.44 bits per heavy atom. The Morgan fingerprint density at radius 1 is 1.56 bits per heavy atom. The normalized spacial score (nSPS) is 37.7. The van der Waals surface area contributed by atoms with Crippen molar-refractivity contribution in [3.63, 3.8) is 0 Å². The molecule has 1 rings (SSSR count). The first-order valence-electron chi connectivity index (χ1n) is 3.60. The molecule has 1 aliphatic rings. The second-order valence-electron chi connectivity index (χ2n) is 2.96. The smallest absolute Gasteiger partial charge is 0.0707 e. The van der Waals surface area contributed by atoms with Crippen LogP contribution in [-0.2, 0) is 0 Å². The fourth-order valence-electron chi connectivity index (χ4n) is 1.47. The molecule has 1 aliphatic heterocycles. The summed E-state index contributed by atoms with van der Waals surface area (Å²) in [7, 11) is 2.05. The Morgan fingerprint density at radius 2 is 2.22 bits per heavy atom. The Kier molecular flexibility index (Phi) is 2.09. The van der Waals surface area contributed by atoms with Crippen molar-refractivity contribution in [3.05, 3.63) is 0 Å². The van der Waals surface area contributed by atoms with Gasteiger partial charge in [-0.05, 0) is 19.4 Å². The van der Waals surface area contributed by atoms with Crippen LogP contribution >= 0.6 is 0 Å². The minimum Gasteiger partial charge on any atom is -0.391 e. The Balaban J connectivity index is 2.38. The number of hydrogen-bond donors (Lipinski definition) is 1. The number of likely N-dealkylation sites (N-methyl/N-ethyl adjacent to an activating group) is 1. The molecule has 1 fully saturated rings. The summed E-state index contributed by atoms with van der Waals surface area (Å²) in [6, 6.07) is 0. The predicted molar refractivity (Wildman–Crippen MR) is 37.3 cm³/mol. The van der Waals surface area contributed by atoms with E-state index in [1.165, 1.54) is 0 Å². The molecule has 2 heteroatoms. The monoisotopic (exact) mass is 129 g/mol. The highest BCUT2D eigenvalue weighted by molar-refractivity contribution is 4.80. The number of β-amino-alcohol motifs (C(OH)–C–C–N with tert-alkyl or cyclic N) is 1. The van der Waals surface area contributed by atoms with E-state index in [1.807, 2.05) is 0 Å². The number of likely N-dealkylation sites (tertiary alicyclic amines) is 1. The third-order valence-corrected chi connectivity index (χ3v) is 2.11. The van der Waals surface area contributed by atoms with E-state index in [0.29, 0.717) is 5.92 Å². The van der Waals surface area contributed by atoms with Crippen molar-refractivity contribution in [1.29, 1.82) is 0 Å². The first kappa shape index (κ1) is 7.03. The fourth-order valence-corrected chi connectivity index (χ4v) is 1.47. The molecule has 0 aromatic heterocycles. The number of hydrogen-bond acceptors (Lipinski definition) is 2. The van der Waals surface area contributed by atoms with Crippen LogP contribution in [0.2, 0.25) is 0 Å². The van der Waals surface area contributed by atoms with E-state index in [2.05, 4.69) is 18.9 Å². The summed E-state index contributed by atoms with van der Waals surface area (Å²) >= 11 is 0. The molecule has 2 nitrogen and oxygen atoms in total. The van der Waals surface area contributed by atoms with Crippen molar-refractivity contribution >= 4 is 0 Å². The molecular weight excluding hydrogens is 114 g/mol. The van der Waals surface area contributed by atoms with Gasteiger partial charge < -0.3 is 10.0 Å². The second-order valence-corrected chi connectivity index (χ2v) is 2.96. The molecule has 0 aliphatic carbocycles. The second kappa shape index (κ2) is 2.67. The molecule has 0 amide bonds. The van der Waals surface area contributed by atoms with Crippen molar-refractivity contribution < 1.29 is 5.11 Å². The molecule has 0 saturated carbocycles. The lowest BCUT2D eigenvalue weighted by Gasteiger charge is -2.08. The van der Waals surface area contributed by atoms with Gasteiger partial charge in [0.05, 0.1) is 6.10 Å². The van der Waals surface area contributed by atoms with Crippen molar-refractivity contribution in [2.24, 2.45) is 5.92 Å². The van der Waals surface area contributed by atoms with Crippen LogP contribution in [0.25, 0.3) is 0 Å². The van der Waals surface area contributed by atoms with Gasteiger partial charge in [-0.1, -0.05) is 6.92 Å². The maximum atomic E-state index is 9.32. The molecule has 0 bridgehead atoms. The zero-order valence-corrected chi connectivity index (χ0v) is 6.17. The van der Waals surface area contributed by atoms with Gasteiger partial charge in [-0.25, -0.2) is 0 Å². The Hall–Kier alpha value is -0.0800. The highest BCUT2D eigenvalue weighted by atomic mass is 16.3. The van der Waals surface area contributed by atoms with Gasteiger partial charge in [0.2, 0.25) is 0 Å². The molecule has 9 heavy (non-hydrogen) atoms. The summed E-state index contributed by atoms with van der Waals surface area (Å²) in [6.07, 6.45) is 1.03. The summed E-state index contributed by atoms with van der Waals surface area (Å²) in [5, 5.41) is 9.32. The highest BCUT2D eigenvalue weighted by Gasteiger charge is 2.26. The third-order valence-electron chi connectivity index (χ3n) is 2.11. The Labute approximate surface area is 56.5 Å². The standard InChI is InChI=1S/C7H15NO/c1-3-6-4-8(2)5-7(6)9/h6-7,9H,3-5H2,1-2H3/t6-,7+/m1/s1. The molecule has 1 N–H and O–H groups in total. The van der Waals surface area contributed by atoms with Crippen molar-refractivity contribution in [3.8, 4) is 0 Å². The van der Waals surface area contributed by atoms with Gasteiger partial charge >= 0.3 is 0 Å². The third kappa shape index (κ3) is 1.43. The van der Waals surface area contributed by atoms with Crippen LogP contribution < -0.4 is 0 Å². The molecule has 0 radical (unpaired) electrons. The fraction of sp³-hybridized carbons (Fsp3) is 1.00. The van der Waals surface area contributed by atoms with E-state index < -0.39 is 0 Å². The zero-order valence-electron chi connectivity index (χ0n) is 6.17. The molecule has 0 unspecified atom stereocenters. The van der Waals surface area contributed by atoms with Crippen LogP contribution in [0.4, 0.5) is 0 Å². The topological polar surface area (TPSA) is 23.5 Å². The maximum Gasteiger partial charge on any atom is 0.0707 e. The van der Waals surface area contributed by atoms with Crippen molar-refractivity contribution in [2.75, 3.05) is 20.1 Å². The van der Waals surface area contributed by atoms with Gasteiger partial charge in [0.25, 0.3) is 0 Å². The van der Waals surface area contributed by atoms with Crippen molar-refractivity contribution in [1.82, 2.24) is 4.90 Å². The summed E-state index contributed by atoms with van der Waals surface area (Å²) in [6.45, 7) is 4.06. The van der Waals surface area contributed by atoms with Gasteiger partial charge in [0.1, 0.15) is 0 Å². The number of rotatable bonds is 1. The van der Waals surface area contributed by atoms with Crippen LogP contribution in [0.5, 0.6) is 0 Å². The Bertz CT molecular complexity index is 94.9. The average molecular weight is 129 g/mol. The summed E-state index contributed by atoms with van der Waals surface area (Å²) in [4.78, 5) is 2.18. The quantitative estimate of drug-likeness (QED) is 0.551. The van der Waals surface area contributed by atoms with Crippen LogP contribution in [0.1, 0.15) is 13.3 Å². The summed E-state index contributed by atoms with van der Waals surface area (Å²) < 4.78 is 0. The van der Waals surface area contributed by atoms with E-state index >= 15 is 0 Å². The minimum atomic E-state index is -0.0694. The molecule has 0 aromatic rings. The molecule has 1 heterocycles. The summed E-state index contributed by atoms with van der Waals surface area (Å²) in [5.74, 6) is 0.523. The van der Waals surface area contributed by atoms with E-state index in [4.69, 9.17) is 0 Å². The first-order chi connectivity index (χ1) is 4.24. The SMILES string of the molecule is CC[C@@H]1CN(C)C[C@@H]1O. The molecule has 1 saturated heterocycles. The molecule has 54 valence electrons. The zero-order chi connectivity index (χ0) is 6.85. The van der Waals surface area contributed by atoms with Crippen LogP contribution in [0, 0.1) is 5.92 Å². The van der Waals surface area contributed by atoms with Crippen molar-refractivity contribution in [2.45, 2.75) is 19.4 Å². The molecule has 2 atom stereocenters. The lowest BCUT2D eigenvalue weighted by Crippen LogP contribution is -2.17. The van der Waals surface area contributed by atoms with Gasteiger partial charge in [0.15, 0.2) is 0 Å². The number of aliphatic hydroxyl groups excluding tert-OH is 1. The minimum absolute atomic E-state index is 0.0694. The highest BCUT2D eigenvalue weighted by Crippen LogP contribution is 2.17. The average Bonchev–Trinajstić information content (AvgIpc) is 2.10. The van der Waals surface area contributed by atoms with E-state index in [1.54, 1.807) is 0 Å². The van der Waals surface area contributed by atoms with Gasteiger partial charge in [-0.15, -0.1) is 0 Å². The molecular formula is C7H15NO. The molecule has 0 aromatic carbocycles. The van der Waals surface area contributed by atoms with E-state index in [9.17, 15) is 5.11 Å². The lowest BCUT2D eigenvalue weighted by atomic mass is 10.0. The van der Waals surface area contributed by atoms with Crippen LogP contribution in [0.15, 0.2) is 0 Å².